The zero-order valence-electron chi connectivity index (χ0n) is 12.9. The van der Waals surface area contributed by atoms with E-state index in [2.05, 4.69) is 4.98 Å². The van der Waals surface area contributed by atoms with Crippen LogP contribution >= 0.6 is 11.3 Å². The van der Waals surface area contributed by atoms with Gasteiger partial charge >= 0.3 is 0 Å². The summed E-state index contributed by atoms with van der Waals surface area (Å²) < 4.78 is 0.794. The number of phenols is 1. The molecule has 0 spiro atoms. The van der Waals surface area contributed by atoms with Crippen LogP contribution in [0.3, 0.4) is 0 Å². The van der Waals surface area contributed by atoms with E-state index in [9.17, 15) is 15.2 Å². The highest BCUT2D eigenvalue weighted by Crippen LogP contribution is 2.28. The number of fused-ring (bicyclic) bond motifs is 2. The van der Waals surface area contributed by atoms with E-state index in [0.717, 1.165) is 31.6 Å². The van der Waals surface area contributed by atoms with Gasteiger partial charge in [0, 0.05) is 12.1 Å². The summed E-state index contributed by atoms with van der Waals surface area (Å²) >= 11 is 1.42. The molecule has 3 aromatic carbocycles. The lowest BCUT2D eigenvalue weighted by atomic mass is 10.1. The molecule has 0 aliphatic heterocycles. The monoisotopic (exact) mass is 348 g/mol. The van der Waals surface area contributed by atoms with Crippen molar-refractivity contribution >= 4 is 50.2 Å². The Labute approximate surface area is 146 Å². The first-order valence-electron chi connectivity index (χ1n) is 7.54. The maximum Gasteiger partial charge on any atom is 0.270 e. The molecule has 1 N–H and O–H groups in total. The summed E-state index contributed by atoms with van der Waals surface area (Å²) in [5, 5.41) is 23.2. The molecule has 0 saturated carbocycles. The zero-order chi connectivity index (χ0) is 17.4. The molecule has 1 aromatic heterocycles. The van der Waals surface area contributed by atoms with Crippen LogP contribution in [0.5, 0.6) is 5.75 Å². The highest BCUT2D eigenvalue weighted by molar-refractivity contribution is 7.19. The Bertz CT molecular complexity index is 1150. The topological polar surface area (TPSA) is 76.3 Å². The van der Waals surface area contributed by atoms with E-state index >= 15 is 0 Å². The van der Waals surface area contributed by atoms with Crippen molar-refractivity contribution in [2.75, 3.05) is 0 Å². The second-order valence-corrected chi connectivity index (χ2v) is 6.65. The number of non-ortho nitro benzene ring substituents is 1. The van der Waals surface area contributed by atoms with Gasteiger partial charge in [0.15, 0.2) is 0 Å². The summed E-state index contributed by atoms with van der Waals surface area (Å²) in [4.78, 5) is 14.9. The third-order valence-corrected chi connectivity index (χ3v) is 4.85. The highest BCUT2D eigenvalue weighted by Gasteiger charge is 2.09. The SMILES string of the molecule is O=[N+]([O-])c1ccc2nc(C=Cc3ccc4cc(O)ccc4c3)sc2c1. The normalized spacial score (nSPS) is 11.5. The van der Waals surface area contributed by atoms with Crippen molar-refractivity contribution in [3.8, 4) is 5.75 Å². The fourth-order valence-electron chi connectivity index (χ4n) is 2.64. The van der Waals surface area contributed by atoms with E-state index in [0.29, 0.717) is 0 Å². The van der Waals surface area contributed by atoms with Gasteiger partial charge in [-0.25, -0.2) is 4.98 Å². The number of phenolic OH excluding ortho intramolecular Hbond substituents is 1. The van der Waals surface area contributed by atoms with Crippen molar-refractivity contribution in [1.82, 2.24) is 4.98 Å². The lowest BCUT2D eigenvalue weighted by molar-refractivity contribution is -0.384. The van der Waals surface area contributed by atoms with Gasteiger partial charge < -0.3 is 5.11 Å². The van der Waals surface area contributed by atoms with Crippen LogP contribution < -0.4 is 0 Å². The lowest BCUT2D eigenvalue weighted by Gasteiger charge is -2.00. The molecule has 1 heterocycles. The number of nitrogens with zero attached hydrogens (tertiary/aromatic N) is 2. The molecule has 0 atom stereocenters. The standard InChI is InChI=1S/C19H12N2O3S/c22-16-6-4-13-9-12(1-3-14(13)10-16)2-8-19-20-17-7-5-15(21(23)24)11-18(17)25-19/h1-11,22H. The van der Waals surface area contributed by atoms with Gasteiger partial charge in [0.05, 0.1) is 15.1 Å². The van der Waals surface area contributed by atoms with Gasteiger partial charge in [-0.15, -0.1) is 11.3 Å². The smallest absolute Gasteiger partial charge is 0.270 e. The molecule has 0 fully saturated rings. The van der Waals surface area contributed by atoms with Crippen LogP contribution in [0.1, 0.15) is 10.6 Å². The van der Waals surface area contributed by atoms with Gasteiger partial charge in [0.25, 0.3) is 5.69 Å². The molecule has 4 rings (SSSR count). The van der Waals surface area contributed by atoms with Crippen molar-refractivity contribution in [2.24, 2.45) is 0 Å². The number of thiazole rings is 1. The summed E-state index contributed by atoms with van der Waals surface area (Å²) in [7, 11) is 0. The van der Waals surface area contributed by atoms with Crippen molar-refractivity contribution in [3.05, 3.63) is 75.3 Å². The number of nitro benzene ring substituents is 1. The van der Waals surface area contributed by atoms with E-state index in [1.54, 1.807) is 24.3 Å². The molecule has 4 aromatic rings. The maximum absolute atomic E-state index is 10.9. The number of benzene rings is 3. The van der Waals surface area contributed by atoms with Crippen molar-refractivity contribution in [1.29, 1.82) is 0 Å². The van der Waals surface area contributed by atoms with Gasteiger partial charge in [0.2, 0.25) is 0 Å². The Morgan fingerprint density at radius 2 is 1.80 bits per heavy atom. The number of hydrogen-bond acceptors (Lipinski definition) is 5. The Hall–Kier alpha value is -3.25. The fraction of sp³-hybridized carbons (Fsp3) is 0. The number of aromatic nitrogens is 1. The molecule has 0 radical (unpaired) electrons. The van der Waals surface area contributed by atoms with Crippen LogP contribution in [0.2, 0.25) is 0 Å². The minimum Gasteiger partial charge on any atom is -0.508 e. The van der Waals surface area contributed by atoms with Crippen LogP contribution in [0.25, 0.3) is 33.1 Å². The quantitative estimate of drug-likeness (QED) is 0.406. The van der Waals surface area contributed by atoms with Crippen LogP contribution in [-0.2, 0) is 0 Å². The summed E-state index contributed by atoms with van der Waals surface area (Å²) in [6.07, 6.45) is 3.86. The van der Waals surface area contributed by atoms with E-state index < -0.39 is 4.92 Å². The Kier molecular flexibility index (Phi) is 3.66. The predicted octanol–water partition coefficient (Wildman–Crippen LogP) is 5.23. The summed E-state index contributed by atoms with van der Waals surface area (Å²) in [5.74, 6) is 0.249. The number of hydrogen-bond donors (Lipinski definition) is 1. The number of nitro groups is 1. The lowest BCUT2D eigenvalue weighted by Crippen LogP contribution is -1.85. The van der Waals surface area contributed by atoms with Crippen molar-refractivity contribution in [2.45, 2.75) is 0 Å². The molecule has 6 heteroatoms. The van der Waals surface area contributed by atoms with E-state index in [4.69, 9.17) is 0 Å². The van der Waals surface area contributed by atoms with Gasteiger partial charge in [-0.05, 0) is 46.7 Å². The molecule has 122 valence electrons. The van der Waals surface area contributed by atoms with Crippen LogP contribution in [0.4, 0.5) is 5.69 Å². The molecule has 0 bridgehead atoms. The largest absolute Gasteiger partial charge is 0.508 e. The molecule has 5 nitrogen and oxygen atoms in total. The minimum atomic E-state index is -0.401. The number of aromatic hydroxyl groups is 1. The van der Waals surface area contributed by atoms with Crippen LogP contribution in [0, 0.1) is 10.1 Å². The maximum atomic E-state index is 10.9. The van der Waals surface area contributed by atoms with Crippen LogP contribution in [0.15, 0.2) is 54.6 Å². The molecule has 0 aliphatic carbocycles. The summed E-state index contributed by atoms with van der Waals surface area (Å²) in [5.41, 5.74) is 1.84. The Morgan fingerprint density at radius 1 is 1.00 bits per heavy atom. The first-order chi connectivity index (χ1) is 12.1. The third-order valence-electron chi connectivity index (χ3n) is 3.87. The fourth-order valence-corrected chi connectivity index (χ4v) is 3.54. The van der Waals surface area contributed by atoms with Crippen molar-refractivity contribution < 1.29 is 10.0 Å². The molecular weight excluding hydrogens is 336 g/mol. The molecule has 0 aliphatic rings. The average molecular weight is 348 g/mol. The van der Waals surface area contributed by atoms with Gasteiger partial charge in [-0.3, -0.25) is 10.1 Å². The van der Waals surface area contributed by atoms with E-state index in [1.807, 2.05) is 36.4 Å². The molecule has 0 amide bonds. The van der Waals surface area contributed by atoms with E-state index in [-0.39, 0.29) is 11.4 Å². The van der Waals surface area contributed by atoms with Crippen molar-refractivity contribution in [3.63, 3.8) is 0 Å². The first kappa shape index (κ1) is 15.3. The molecular formula is C19H12N2O3S. The second-order valence-electron chi connectivity index (χ2n) is 5.59. The Morgan fingerprint density at radius 3 is 2.64 bits per heavy atom. The first-order valence-corrected chi connectivity index (χ1v) is 8.36. The highest BCUT2D eigenvalue weighted by atomic mass is 32.1. The average Bonchev–Trinajstić information content (AvgIpc) is 3.01. The third kappa shape index (κ3) is 3.07. The van der Waals surface area contributed by atoms with E-state index in [1.165, 1.54) is 17.4 Å². The van der Waals surface area contributed by atoms with Crippen LogP contribution in [-0.4, -0.2) is 15.0 Å². The van der Waals surface area contributed by atoms with Gasteiger partial charge in [-0.1, -0.05) is 24.3 Å². The van der Waals surface area contributed by atoms with Gasteiger partial charge in [-0.2, -0.15) is 0 Å². The minimum absolute atomic E-state index is 0.0736. The summed E-state index contributed by atoms with van der Waals surface area (Å²) in [6.45, 7) is 0. The van der Waals surface area contributed by atoms with Gasteiger partial charge in [0.1, 0.15) is 10.8 Å². The number of rotatable bonds is 3. The summed E-state index contributed by atoms with van der Waals surface area (Å²) in [6, 6.07) is 15.9. The zero-order valence-corrected chi connectivity index (χ0v) is 13.7. The molecule has 0 saturated heterocycles. The Balaban J connectivity index is 1.65. The molecule has 0 unspecified atom stereocenters. The molecule has 25 heavy (non-hydrogen) atoms. The second kappa shape index (κ2) is 5.99. The predicted molar refractivity (Wildman–Crippen MR) is 101 cm³/mol.